The van der Waals surface area contributed by atoms with Gasteiger partial charge in [0.2, 0.25) is 5.91 Å². The van der Waals surface area contributed by atoms with Crippen molar-refractivity contribution in [2.45, 2.75) is 22.2 Å². The summed E-state index contributed by atoms with van der Waals surface area (Å²) in [7, 11) is 0. The Morgan fingerprint density at radius 2 is 2.25 bits per heavy atom. The Bertz CT molecular complexity index is 974. The van der Waals surface area contributed by atoms with Crippen molar-refractivity contribution in [1.82, 2.24) is 25.4 Å². The SMILES string of the molecule is Nc1nc(CC(=O)N[C@@H]2C(=O)N3C(C(=O)O)=C(Sc4nncs4)CS[C@H]23)cs1. The van der Waals surface area contributed by atoms with Crippen LogP contribution >= 0.6 is 46.2 Å². The quantitative estimate of drug-likeness (QED) is 0.527. The van der Waals surface area contributed by atoms with Crippen LogP contribution in [-0.4, -0.2) is 60.1 Å². The van der Waals surface area contributed by atoms with Crippen LogP contribution in [0.4, 0.5) is 5.13 Å². The summed E-state index contributed by atoms with van der Waals surface area (Å²) in [5, 5.41) is 21.5. The van der Waals surface area contributed by atoms with Crippen LogP contribution in [0.1, 0.15) is 5.69 Å². The van der Waals surface area contributed by atoms with Crippen LogP contribution in [0.3, 0.4) is 0 Å². The zero-order valence-electron chi connectivity index (χ0n) is 13.9. The third kappa shape index (κ3) is 3.59. The number of anilines is 1. The zero-order valence-corrected chi connectivity index (χ0v) is 17.2. The number of amides is 2. The number of hydrogen-bond donors (Lipinski definition) is 3. The van der Waals surface area contributed by atoms with Crippen molar-refractivity contribution in [2.24, 2.45) is 0 Å². The average molecular weight is 457 g/mol. The summed E-state index contributed by atoms with van der Waals surface area (Å²) in [5.41, 5.74) is 7.57. The molecule has 0 radical (unpaired) electrons. The topological polar surface area (TPSA) is 151 Å². The minimum atomic E-state index is -1.19. The number of carbonyl (C=O) groups excluding carboxylic acids is 2. The van der Waals surface area contributed by atoms with Crippen LogP contribution in [0, 0.1) is 0 Å². The second-order valence-corrected chi connectivity index (χ2v) is 9.86. The molecule has 2 aliphatic heterocycles. The second-order valence-electron chi connectivity index (χ2n) is 5.69. The van der Waals surface area contributed by atoms with Gasteiger partial charge in [-0.3, -0.25) is 14.5 Å². The first kappa shape index (κ1) is 19.2. The number of nitrogens with one attached hydrogen (secondary N) is 1. The monoisotopic (exact) mass is 456 g/mol. The van der Waals surface area contributed by atoms with Gasteiger partial charge in [-0.15, -0.1) is 33.3 Å². The van der Waals surface area contributed by atoms with E-state index in [1.165, 1.54) is 51.1 Å². The summed E-state index contributed by atoms with van der Waals surface area (Å²) in [4.78, 5) is 42.4. The van der Waals surface area contributed by atoms with Crippen molar-refractivity contribution >= 4 is 69.1 Å². The highest BCUT2D eigenvalue weighted by Crippen LogP contribution is 2.45. The minimum absolute atomic E-state index is 0.00857. The summed E-state index contributed by atoms with van der Waals surface area (Å²) in [6.45, 7) is 0. The van der Waals surface area contributed by atoms with E-state index in [-0.39, 0.29) is 18.0 Å². The molecule has 2 aliphatic rings. The molecule has 0 saturated carbocycles. The molecule has 0 unspecified atom stereocenters. The number of carboxylic acid groups (broad SMARTS) is 1. The van der Waals surface area contributed by atoms with Gasteiger partial charge in [-0.25, -0.2) is 9.78 Å². The van der Waals surface area contributed by atoms with Gasteiger partial charge in [0.25, 0.3) is 5.91 Å². The number of carbonyl (C=O) groups is 3. The maximum atomic E-state index is 12.6. The number of rotatable bonds is 6. The molecule has 4 heterocycles. The van der Waals surface area contributed by atoms with Gasteiger partial charge in [0.1, 0.15) is 22.6 Å². The molecule has 2 atom stereocenters. The van der Waals surface area contributed by atoms with E-state index in [0.29, 0.717) is 25.8 Å². The number of nitrogens with two attached hydrogens (primary N) is 1. The Morgan fingerprint density at radius 1 is 1.43 bits per heavy atom. The van der Waals surface area contributed by atoms with Gasteiger partial charge in [0.15, 0.2) is 9.47 Å². The molecule has 0 spiro atoms. The van der Waals surface area contributed by atoms with Crippen LogP contribution in [0.15, 0.2) is 25.8 Å². The zero-order chi connectivity index (χ0) is 19.8. The lowest BCUT2D eigenvalue weighted by Crippen LogP contribution is -2.70. The van der Waals surface area contributed by atoms with Gasteiger partial charge in [-0.1, -0.05) is 23.1 Å². The van der Waals surface area contributed by atoms with Crippen molar-refractivity contribution in [1.29, 1.82) is 0 Å². The summed E-state index contributed by atoms with van der Waals surface area (Å²) in [5.74, 6) is -1.60. The van der Waals surface area contributed by atoms with Crippen molar-refractivity contribution < 1.29 is 19.5 Å². The Labute approximate surface area is 174 Å². The number of nitrogens with zero attached hydrogens (tertiary/aromatic N) is 4. The van der Waals surface area contributed by atoms with E-state index in [1.54, 1.807) is 10.9 Å². The Hall–Kier alpha value is -2.16. The number of fused-ring (bicyclic) bond motifs is 1. The lowest BCUT2D eigenvalue weighted by molar-refractivity contribution is -0.150. The Kier molecular flexibility index (Phi) is 5.27. The molecule has 28 heavy (non-hydrogen) atoms. The molecule has 2 amide bonds. The van der Waals surface area contributed by atoms with Gasteiger partial charge in [-0.05, 0) is 0 Å². The van der Waals surface area contributed by atoms with Crippen LogP contribution in [0.2, 0.25) is 0 Å². The highest BCUT2D eigenvalue weighted by Gasteiger charge is 2.54. The van der Waals surface area contributed by atoms with E-state index in [9.17, 15) is 19.5 Å². The van der Waals surface area contributed by atoms with Gasteiger partial charge in [0, 0.05) is 16.0 Å². The van der Waals surface area contributed by atoms with Crippen LogP contribution in [-0.2, 0) is 20.8 Å². The number of aromatic nitrogens is 3. The number of hydrogen-bond acceptors (Lipinski definition) is 11. The van der Waals surface area contributed by atoms with E-state index in [2.05, 4.69) is 20.5 Å². The van der Waals surface area contributed by atoms with Gasteiger partial charge >= 0.3 is 5.97 Å². The first-order valence-corrected chi connectivity index (χ1v) is 11.4. The van der Waals surface area contributed by atoms with Crippen molar-refractivity contribution in [3.05, 3.63) is 27.2 Å². The van der Waals surface area contributed by atoms with E-state index in [4.69, 9.17) is 5.73 Å². The Morgan fingerprint density at radius 3 is 2.89 bits per heavy atom. The van der Waals surface area contributed by atoms with Gasteiger partial charge < -0.3 is 16.2 Å². The number of β-lactam (4-membered cyclic amide) rings is 1. The molecule has 146 valence electrons. The minimum Gasteiger partial charge on any atom is -0.477 e. The highest BCUT2D eigenvalue weighted by atomic mass is 32.2. The molecular formula is C14H12N6O4S4. The number of aliphatic carboxylic acids is 1. The van der Waals surface area contributed by atoms with Gasteiger partial charge in [0.05, 0.1) is 12.1 Å². The largest absolute Gasteiger partial charge is 0.477 e. The fourth-order valence-electron chi connectivity index (χ4n) is 2.77. The normalized spacial score (nSPS) is 21.3. The van der Waals surface area contributed by atoms with Crippen LogP contribution in [0.25, 0.3) is 0 Å². The first-order valence-electron chi connectivity index (χ1n) is 7.78. The molecule has 4 rings (SSSR count). The lowest BCUT2D eigenvalue weighted by atomic mass is 10.0. The summed E-state index contributed by atoms with van der Waals surface area (Å²) < 4.78 is 0.605. The number of carboxylic acids is 1. The molecular weight excluding hydrogens is 444 g/mol. The Balaban J connectivity index is 1.47. The molecule has 0 aliphatic carbocycles. The first-order chi connectivity index (χ1) is 13.4. The maximum Gasteiger partial charge on any atom is 0.353 e. The molecule has 10 nitrogen and oxygen atoms in total. The van der Waals surface area contributed by atoms with Gasteiger partial charge in [-0.2, -0.15) is 0 Å². The molecule has 2 aromatic rings. The van der Waals surface area contributed by atoms with E-state index in [1.807, 2.05) is 0 Å². The fraction of sp³-hybridized carbons (Fsp3) is 0.286. The predicted molar refractivity (Wildman–Crippen MR) is 106 cm³/mol. The third-order valence-corrected chi connectivity index (χ3v) is 7.96. The standard InChI is InChI=1S/C14H12N6O4S4/c15-13-17-5(2-26-13)1-7(21)18-8-10(22)20-9(12(23)24)6(3-25-11(8)20)28-14-19-16-4-27-14/h2,4,8,11H,1,3H2,(H2,15,17)(H,18,21)(H,23,24)/t8-,11-/m1/s1. The maximum absolute atomic E-state index is 12.6. The van der Waals surface area contributed by atoms with Crippen molar-refractivity contribution in [2.75, 3.05) is 11.5 Å². The number of thioether (sulfide) groups is 2. The summed E-state index contributed by atoms with van der Waals surface area (Å²) >= 11 is 5.12. The molecule has 14 heteroatoms. The number of thiazole rings is 1. The van der Waals surface area contributed by atoms with E-state index >= 15 is 0 Å². The third-order valence-electron chi connectivity index (χ3n) is 3.91. The molecule has 2 aromatic heterocycles. The summed E-state index contributed by atoms with van der Waals surface area (Å²) in [6, 6.07) is -0.768. The highest BCUT2D eigenvalue weighted by molar-refractivity contribution is 8.07. The van der Waals surface area contributed by atoms with Crippen molar-refractivity contribution in [3.8, 4) is 0 Å². The second kappa shape index (κ2) is 7.69. The van der Waals surface area contributed by atoms with Crippen LogP contribution in [0.5, 0.6) is 0 Å². The van der Waals surface area contributed by atoms with E-state index in [0.717, 1.165) is 0 Å². The fourth-order valence-corrected chi connectivity index (χ4v) is 6.45. The van der Waals surface area contributed by atoms with Crippen LogP contribution < -0.4 is 11.1 Å². The predicted octanol–water partition coefficient (Wildman–Crippen LogP) is 0.608. The number of nitrogen functional groups attached to an aromatic ring is 1. The summed E-state index contributed by atoms with van der Waals surface area (Å²) in [6.07, 6.45) is 0.00857. The average Bonchev–Trinajstić information content (AvgIpc) is 3.30. The smallest absolute Gasteiger partial charge is 0.353 e. The molecule has 1 saturated heterocycles. The van der Waals surface area contributed by atoms with E-state index < -0.39 is 23.3 Å². The van der Waals surface area contributed by atoms with Crippen molar-refractivity contribution in [3.63, 3.8) is 0 Å². The molecule has 1 fully saturated rings. The molecule has 4 N–H and O–H groups in total. The molecule has 0 bridgehead atoms. The molecule has 0 aromatic carbocycles. The lowest BCUT2D eigenvalue weighted by Gasteiger charge is -2.49.